The summed E-state index contributed by atoms with van der Waals surface area (Å²) in [7, 11) is 6.49. The Morgan fingerprint density at radius 2 is 1.73 bits per heavy atom. The number of fused-ring (bicyclic) bond motifs is 4. The molecule has 3 fully saturated rings. The lowest BCUT2D eigenvalue weighted by Crippen LogP contribution is -2.45. The topological polar surface area (TPSA) is 68.3 Å². The SMILES string of the molecule is COc1cc(CC(=O)N2C[C@H]3CC[C@@H](C2)N(C)C3=O)cc(OC)c1OC. The van der Waals surface area contributed by atoms with Crippen molar-refractivity contribution >= 4 is 11.8 Å². The number of nitrogens with zero attached hydrogens (tertiary/aromatic N) is 2. The second-order valence-electron chi connectivity index (χ2n) is 6.89. The molecule has 1 aromatic rings. The van der Waals surface area contributed by atoms with E-state index in [0.29, 0.717) is 30.3 Å². The van der Waals surface area contributed by atoms with Gasteiger partial charge in [0.15, 0.2) is 11.5 Å². The molecule has 7 heteroatoms. The largest absolute Gasteiger partial charge is 0.493 e. The Kier molecular flexibility index (Phi) is 5.25. The Morgan fingerprint density at radius 1 is 1.08 bits per heavy atom. The molecule has 4 rings (SSSR count). The van der Waals surface area contributed by atoms with Crippen molar-refractivity contribution in [2.24, 2.45) is 5.92 Å². The number of carbonyl (C=O) groups excluding carboxylic acids is 2. The molecule has 0 aliphatic carbocycles. The number of benzene rings is 1. The Balaban J connectivity index is 1.79. The zero-order chi connectivity index (χ0) is 18.8. The van der Waals surface area contributed by atoms with E-state index in [-0.39, 0.29) is 30.2 Å². The molecular formula is C19H26N2O5. The maximum atomic E-state index is 12.9. The van der Waals surface area contributed by atoms with Crippen LogP contribution >= 0.6 is 0 Å². The first-order valence-electron chi connectivity index (χ1n) is 8.81. The van der Waals surface area contributed by atoms with Crippen LogP contribution < -0.4 is 14.2 Å². The third-order valence-corrected chi connectivity index (χ3v) is 5.40. The van der Waals surface area contributed by atoms with E-state index in [4.69, 9.17) is 14.2 Å². The van der Waals surface area contributed by atoms with Gasteiger partial charge in [-0.1, -0.05) is 0 Å². The lowest BCUT2D eigenvalue weighted by atomic mass is 9.95. The van der Waals surface area contributed by atoms with Gasteiger partial charge in [0.05, 0.1) is 33.7 Å². The van der Waals surface area contributed by atoms with Gasteiger partial charge < -0.3 is 24.0 Å². The molecule has 3 aliphatic heterocycles. The quantitative estimate of drug-likeness (QED) is 0.791. The number of amides is 2. The second kappa shape index (κ2) is 7.43. The summed E-state index contributed by atoms with van der Waals surface area (Å²) in [6.45, 7) is 1.10. The van der Waals surface area contributed by atoms with Crippen LogP contribution in [0.3, 0.4) is 0 Å². The molecule has 7 nitrogen and oxygen atoms in total. The van der Waals surface area contributed by atoms with Gasteiger partial charge in [0, 0.05) is 26.2 Å². The van der Waals surface area contributed by atoms with Crippen molar-refractivity contribution < 1.29 is 23.8 Å². The molecule has 0 spiro atoms. The van der Waals surface area contributed by atoms with E-state index in [9.17, 15) is 9.59 Å². The molecule has 0 unspecified atom stereocenters. The molecule has 26 heavy (non-hydrogen) atoms. The van der Waals surface area contributed by atoms with Crippen molar-refractivity contribution in [3.63, 3.8) is 0 Å². The third-order valence-electron chi connectivity index (χ3n) is 5.40. The Labute approximate surface area is 153 Å². The number of carbonyl (C=O) groups is 2. The van der Waals surface area contributed by atoms with E-state index in [2.05, 4.69) is 0 Å². The van der Waals surface area contributed by atoms with Gasteiger partial charge >= 0.3 is 0 Å². The fourth-order valence-corrected chi connectivity index (χ4v) is 3.88. The minimum Gasteiger partial charge on any atom is -0.493 e. The van der Waals surface area contributed by atoms with Gasteiger partial charge in [0.25, 0.3) is 0 Å². The van der Waals surface area contributed by atoms with Gasteiger partial charge in [0.2, 0.25) is 17.6 Å². The van der Waals surface area contributed by atoms with Crippen LogP contribution in [0.4, 0.5) is 0 Å². The highest BCUT2D eigenvalue weighted by atomic mass is 16.5. The Bertz CT molecular complexity index is 680. The third kappa shape index (κ3) is 3.30. The molecule has 0 radical (unpaired) electrons. The van der Waals surface area contributed by atoms with Crippen molar-refractivity contribution in [2.75, 3.05) is 41.5 Å². The number of likely N-dealkylation sites (N-methyl/N-ethyl adjacent to an activating group) is 1. The summed E-state index contributed by atoms with van der Waals surface area (Å²) in [5.74, 6) is 1.65. The second-order valence-corrected chi connectivity index (χ2v) is 6.89. The lowest BCUT2D eigenvalue weighted by Gasteiger charge is -2.32. The molecule has 3 aliphatic rings. The zero-order valence-electron chi connectivity index (χ0n) is 15.8. The highest BCUT2D eigenvalue weighted by Gasteiger charge is 2.40. The molecule has 0 saturated carbocycles. The molecule has 2 atom stereocenters. The highest BCUT2D eigenvalue weighted by Crippen LogP contribution is 2.38. The summed E-state index contributed by atoms with van der Waals surface area (Å²) in [5, 5.41) is 0. The van der Waals surface area contributed by atoms with Gasteiger partial charge in [-0.2, -0.15) is 0 Å². The zero-order valence-corrected chi connectivity index (χ0v) is 15.8. The summed E-state index contributed by atoms with van der Waals surface area (Å²) in [5.41, 5.74) is 0.792. The summed E-state index contributed by atoms with van der Waals surface area (Å²) in [6, 6.07) is 3.71. The summed E-state index contributed by atoms with van der Waals surface area (Å²) in [6.07, 6.45) is 2.05. The smallest absolute Gasteiger partial charge is 0.227 e. The van der Waals surface area contributed by atoms with Crippen molar-refractivity contribution in [1.82, 2.24) is 9.80 Å². The molecule has 3 saturated heterocycles. The molecule has 3 heterocycles. The first-order chi connectivity index (χ1) is 12.5. The number of rotatable bonds is 5. The van der Waals surface area contributed by atoms with E-state index in [1.54, 1.807) is 38.4 Å². The van der Waals surface area contributed by atoms with Crippen LogP contribution in [-0.4, -0.2) is 69.1 Å². The normalized spacial score (nSPS) is 22.2. The average Bonchev–Trinajstić information content (AvgIpc) is 2.94. The summed E-state index contributed by atoms with van der Waals surface area (Å²) in [4.78, 5) is 28.8. The van der Waals surface area contributed by atoms with Crippen LogP contribution in [0.2, 0.25) is 0 Å². The van der Waals surface area contributed by atoms with Crippen LogP contribution in [0.25, 0.3) is 0 Å². The number of piperidine rings is 1. The molecule has 2 amide bonds. The average molecular weight is 362 g/mol. The first kappa shape index (κ1) is 18.4. The van der Waals surface area contributed by atoms with Crippen molar-refractivity contribution in [3.8, 4) is 17.2 Å². The van der Waals surface area contributed by atoms with Crippen LogP contribution in [0.5, 0.6) is 17.2 Å². The molecule has 0 aromatic heterocycles. The molecule has 1 aromatic carbocycles. The molecular weight excluding hydrogens is 336 g/mol. The van der Waals surface area contributed by atoms with E-state index >= 15 is 0 Å². The maximum Gasteiger partial charge on any atom is 0.227 e. The molecule has 0 N–H and O–H groups in total. The molecule has 142 valence electrons. The van der Waals surface area contributed by atoms with Gasteiger partial charge in [-0.15, -0.1) is 0 Å². The fourth-order valence-electron chi connectivity index (χ4n) is 3.88. The lowest BCUT2D eigenvalue weighted by molar-refractivity contribution is -0.138. The van der Waals surface area contributed by atoms with E-state index in [1.807, 2.05) is 11.9 Å². The van der Waals surface area contributed by atoms with E-state index in [0.717, 1.165) is 18.4 Å². The predicted octanol–water partition coefficient (Wildman–Crippen LogP) is 1.33. The van der Waals surface area contributed by atoms with Gasteiger partial charge in [-0.25, -0.2) is 0 Å². The van der Waals surface area contributed by atoms with Crippen molar-refractivity contribution in [2.45, 2.75) is 25.3 Å². The van der Waals surface area contributed by atoms with Crippen LogP contribution in [0.15, 0.2) is 12.1 Å². The minimum atomic E-state index is -0.0809. The minimum absolute atomic E-state index is 0.0132. The monoisotopic (exact) mass is 362 g/mol. The van der Waals surface area contributed by atoms with Crippen molar-refractivity contribution in [3.05, 3.63) is 17.7 Å². The highest BCUT2D eigenvalue weighted by molar-refractivity contribution is 5.84. The van der Waals surface area contributed by atoms with E-state index < -0.39 is 0 Å². The number of hydrogen-bond acceptors (Lipinski definition) is 5. The number of hydrogen-bond donors (Lipinski definition) is 0. The Morgan fingerprint density at radius 3 is 2.31 bits per heavy atom. The van der Waals surface area contributed by atoms with Crippen LogP contribution in [0, 0.1) is 5.92 Å². The standard InChI is InChI=1S/C19H26N2O5/c1-20-14-6-5-13(19(20)23)10-21(11-14)17(22)9-12-7-15(24-2)18(26-4)16(8-12)25-3/h7-8,13-14H,5-6,9-11H2,1-4H3/t13-,14+/m1/s1. The number of ether oxygens (including phenoxy) is 3. The first-order valence-corrected chi connectivity index (χ1v) is 8.81. The Hall–Kier alpha value is -2.44. The van der Waals surface area contributed by atoms with E-state index in [1.165, 1.54) is 0 Å². The number of methoxy groups -OCH3 is 3. The predicted molar refractivity (Wildman–Crippen MR) is 95.7 cm³/mol. The van der Waals surface area contributed by atoms with Gasteiger partial charge in [-0.3, -0.25) is 9.59 Å². The fraction of sp³-hybridized carbons (Fsp3) is 0.579. The van der Waals surface area contributed by atoms with Crippen LogP contribution in [0.1, 0.15) is 18.4 Å². The summed E-state index contributed by atoms with van der Waals surface area (Å²) < 4.78 is 16.0. The maximum absolute atomic E-state index is 12.9. The van der Waals surface area contributed by atoms with Crippen molar-refractivity contribution in [1.29, 1.82) is 0 Å². The molecule has 2 bridgehead atoms. The van der Waals surface area contributed by atoms with Gasteiger partial charge in [-0.05, 0) is 30.5 Å². The summed E-state index contributed by atoms with van der Waals surface area (Å²) >= 11 is 0. The van der Waals surface area contributed by atoms with Gasteiger partial charge in [0.1, 0.15) is 0 Å². The van der Waals surface area contributed by atoms with Crippen LogP contribution in [-0.2, 0) is 16.0 Å².